The second kappa shape index (κ2) is 5.47. The van der Waals surface area contributed by atoms with Crippen LogP contribution in [0.15, 0.2) is 17.0 Å². The summed E-state index contributed by atoms with van der Waals surface area (Å²) in [7, 11) is -3.87. The predicted octanol–water partition coefficient (Wildman–Crippen LogP) is 0.906. The Bertz CT molecular complexity index is 542. The summed E-state index contributed by atoms with van der Waals surface area (Å²) in [6.07, 6.45) is 0. The van der Waals surface area contributed by atoms with Gasteiger partial charge in [-0.15, -0.1) is 0 Å². The number of benzene rings is 1. The number of hydrogen-bond acceptors (Lipinski definition) is 4. The molecule has 1 aromatic carbocycles. The Morgan fingerprint density at radius 2 is 1.78 bits per heavy atom. The molecule has 0 aromatic heterocycles. The number of aryl methyl sites for hydroxylation is 3. The third-order valence-electron chi connectivity index (χ3n) is 2.24. The van der Waals surface area contributed by atoms with E-state index in [0.29, 0.717) is 11.1 Å². The van der Waals surface area contributed by atoms with Crippen molar-refractivity contribution in [1.82, 2.24) is 4.89 Å². The molecule has 0 heterocycles. The van der Waals surface area contributed by atoms with Crippen molar-refractivity contribution in [1.29, 1.82) is 0 Å². The Balaban J connectivity index is 3.02. The van der Waals surface area contributed by atoms with Crippen LogP contribution in [-0.2, 0) is 19.7 Å². The molecule has 0 atom stereocenters. The molecule has 1 aromatic rings. The lowest BCUT2D eigenvalue weighted by molar-refractivity contribution is -0.143. The summed E-state index contributed by atoms with van der Waals surface area (Å²) in [4.78, 5) is 16.6. The molecule has 0 aliphatic heterocycles. The van der Waals surface area contributed by atoms with Gasteiger partial charge in [-0.2, -0.15) is 0 Å². The molecule has 2 N–H and O–H groups in total. The van der Waals surface area contributed by atoms with Crippen molar-refractivity contribution in [3.8, 4) is 0 Å². The van der Waals surface area contributed by atoms with Gasteiger partial charge in [-0.1, -0.05) is 22.6 Å². The highest BCUT2D eigenvalue weighted by molar-refractivity contribution is 7.89. The fourth-order valence-electron chi connectivity index (χ4n) is 1.80. The number of carboxylic acids is 1. The second-order valence-electron chi connectivity index (χ2n) is 4.00. The summed E-state index contributed by atoms with van der Waals surface area (Å²) < 4.78 is 23.9. The Labute approximate surface area is 106 Å². The summed E-state index contributed by atoms with van der Waals surface area (Å²) in [6.45, 7) is 4.48. The summed E-state index contributed by atoms with van der Waals surface area (Å²) in [5.41, 5.74) is 2.12. The third-order valence-corrected chi connectivity index (χ3v) is 3.76. The molecule has 0 saturated heterocycles. The highest BCUT2D eigenvalue weighted by Crippen LogP contribution is 2.21. The summed E-state index contributed by atoms with van der Waals surface area (Å²) in [5.74, 6) is -1.25. The minimum absolute atomic E-state index is 0.110. The van der Waals surface area contributed by atoms with Crippen molar-refractivity contribution >= 4 is 16.0 Å². The van der Waals surface area contributed by atoms with Crippen LogP contribution in [0, 0.1) is 20.8 Å². The quantitative estimate of drug-likeness (QED) is 0.778. The molecule has 0 saturated carbocycles. The molecule has 0 fully saturated rings. The van der Waals surface area contributed by atoms with Crippen molar-refractivity contribution in [2.75, 3.05) is 6.61 Å². The standard InChI is InChI=1S/C11H15NO5S/c1-7-4-8(2)11(9(3)5-7)18(15,16)12-17-6-10(13)14/h4-5,12H,6H2,1-3H3,(H,13,14). The predicted molar refractivity (Wildman–Crippen MR) is 64.6 cm³/mol. The van der Waals surface area contributed by atoms with Gasteiger partial charge in [0.25, 0.3) is 10.0 Å². The van der Waals surface area contributed by atoms with Crippen LogP contribution in [-0.4, -0.2) is 26.1 Å². The lowest BCUT2D eigenvalue weighted by Crippen LogP contribution is -2.28. The zero-order chi connectivity index (χ0) is 13.9. The molecular formula is C11H15NO5S. The highest BCUT2D eigenvalue weighted by atomic mass is 32.2. The van der Waals surface area contributed by atoms with E-state index in [1.807, 2.05) is 6.92 Å². The summed E-state index contributed by atoms with van der Waals surface area (Å²) >= 11 is 0. The van der Waals surface area contributed by atoms with E-state index in [-0.39, 0.29) is 4.90 Å². The number of rotatable bonds is 5. The number of carboxylic acid groups (broad SMARTS) is 1. The number of sulfonamides is 1. The number of hydrogen-bond donors (Lipinski definition) is 2. The average Bonchev–Trinajstić information content (AvgIpc) is 2.13. The van der Waals surface area contributed by atoms with E-state index in [1.54, 1.807) is 30.9 Å². The number of nitrogens with one attached hydrogen (secondary N) is 1. The van der Waals surface area contributed by atoms with Gasteiger partial charge in [-0.05, 0) is 31.9 Å². The molecule has 0 amide bonds. The normalized spacial score (nSPS) is 11.5. The van der Waals surface area contributed by atoms with Crippen LogP contribution in [0.4, 0.5) is 0 Å². The zero-order valence-electron chi connectivity index (χ0n) is 10.4. The minimum Gasteiger partial charge on any atom is -0.479 e. The first-order chi connectivity index (χ1) is 8.24. The Hall–Kier alpha value is -1.44. The second-order valence-corrected chi connectivity index (χ2v) is 5.58. The molecule has 0 aliphatic rings. The average molecular weight is 273 g/mol. The maximum atomic E-state index is 11.9. The van der Waals surface area contributed by atoms with E-state index in [0.717, 1.165) is 5.56 Å². The number of carbonyl (C=O) groups is 1. The van der Waals surface area contributed by atoms with E-state index in [2.05, 4.69) is 4.84 Å². The molecule has 0 aliphatic carbocycles. The topological polar surface area (TPSA) is 92.7 Å². The maximum absolute atomic E-state index is 11.9. The van der Waals surface area contributed by atoms with Crippen LogP contribution in [0.3, 0.4) is 0 Å². The van der Waals surface area contributed by atoms with Gasteiger partial charge >= 0.3 is 5.97 Å². The molecule has 7 heteroatoms. The lowest BCUT2D eigenvalue weighted by atomic mass is 10.1. The van der Waals surface area contributed by atoms with Gasteiger partial charge in [0.1, 0.15) is 0 Å². The van der Waals surface area contributed by atoms with Gasteiger partial charge < -0.3 is 5.11 Å². The maximum Gasteiger partial charge on any atom is 0.331 e. The van der Waals surface area contributed by atoms with Crippen LogP contribution in [0.1, 0.15) is 16.7 Å². The molecule has 0 radical (unpaired) electrons. The van der Waals surface area contributed by atoms with Crippen molar-refractivity contribution in [2.24, 2.45) is 0 Å². The summed E-state index contributed by atoms with van der Waals surface area (Å²) in [5, 5.41) is 8.37. The Kier molecular flexibility index (Phi) is 4.44. The number of aliphatic carboxylic acids is 1. The SMILES string of the molecule is Cc1cc(C)c(S(=O)(=O)NOCC(=O)O)c(C)c1. The van der Waals surface area contributed by atoms with Gasteiger partial charge in [0, 0.05) is 0 Å². The summed E-state index contributed by atoms with van der Waals surface area (Å²) in [6, 6.07) is 3.47. The van der Waals surface area contributed by atoms with Crippen LogP contribution >= 0.6 is 0 Å². The first-order valence-corrected chi connectivity index (χ1v) is 6.65. The lowest BCUT2D eigenvalue weighted by Gasteiger charge is -2.12. The smallest absolute Gasteiger partial charge is 0.331 e. The Morgan fingerprint density at radius 1 is 1.28 bits per heavy atom. The van der Waals surface area contributed by atoms with Crippen LogP contribution in [0.25, 0.3) is 0 Å². The molecule has 0 spiro atoms. The minimum atomic E-state index is -3.87. The highest BCUT2D eigenvalue weighted by Gasteiger charge is 2.20. The molecule has 18 heavy (non-hydrogen) atoms. The van der Waals surface area contributed by atoms with Crippen molar-refractivity contribution in [2.45, 2.75) is 25.7 Å². The zero-order valence-corrected chi connectivity index (χ0v) is 11.2. The molecule has 6 nitrogen and oxygen atoms in total. The van der Waals surface area contributed by atoms with Crippen molar-refractivity contribution in [3.05, 3.63) is 28.8 Å². The van der Waals surface area contributed by atoms with Crippen LogP contribution in [0.2, 0.25) is 0 Å². The van der Waals surface area contributed by atoms with E-state index < -0.39 is 22.6 Å². The van der Waals surface area contributed by atoms with Gasteiger partial charge in [0.2, 0.25) is 0 Å². The molecule has 100 valence electrons. The molecule has 1 rings (SSSR count). The van der Waals surface area contributed by atoms with Crippen molar-refractivity contribution in [3.63, 3.8) is 0 Å². The van der Waals surface area contributed by atoms with E-state index in [9.17, 15) is 13.2 Å². The monoisotopic (exact) mass is 273 g/mol. The molecule has 0 bridgehead atoms. The van der Waals surface area contributed by atoms with Crippen molar-refractivity contribution < 1.29 is 23.2 Å². The fraction of sp³-hybridized carbons (Fsp3) is 0.364. The van der Waals surface area contributed by atoms with Gasteiger partial charge in [-0.3, -0.25) is 4.84 Å². The van der Waals surface area contributed by atoms with Gasteiger partial charge in [-0.25, -0.2) is 13.2 Å². The van der Waals surface area contributed by atoms with E-state index in [4.69, 9.17) is 5.11 Å². The Morgan fingerprint density at radius 3 is 2.22 bits per heavy atom. The molecular weight excluding hydrogens is 258 g/mol. The first-order valence-electron chi connectivity index (χ1n) is 5.17. The van der Waals surface area contributed by atoms with E-state index in [1.165, 1.54) is 0 Å². The molecule has 0 unspecified atom stereocenters. The van der Waals surface area contributed by atoms with Crippen LogP contribution in [0.5, 0.6) is 0 Å². The third kappa shape index (κ3) is 3.52. The largest absolute Gasteiger partial charge is 0.479 e. The van der Waals surface area contributed by atoms with Gasteiger partial charge in [0.05, 0.1) is 4.90 Å². The van der Waals surface area contributed by atoms with E-state index >= 15 is 0 Å². The van der Waals surface area contributed by atoms with Crippen LogP contribution < -0.4 is 4.89 Å². The first kappa shape index (κ1) is 14.6. The van der Waals surface area contributed by atoms with Gasteiger partial charge in [0.15, 0.2) is 6.61 Å². The fourth-order valence-corrected chi connectivity index (χ4v) is 3.06.